The molecule has 1 saturated heterocycles. The molecule has 1 aliphatic rings. The Bertz CT molecular complexity index is 206. The summed E-state index contributed by atoms with van der Waals surface area (Å²) in [6, 6.07) is 0. The van der Waals surface area contributed by atoms with Crippen molar-refractivity contribution in [1.29, 1.82) is 0 Å². The van der Waals surface area contributed by atoms with Gasteiger partial charge in [0.2, 0.25) is 0 Å². The summed E-state index contributed by atoms with van der Waals surface area (Å²) in [6.45, 7) is 5.61. The Morgan fingerprint density at radius 2 is 2.14 bits per heavy atom. The third-order valence-corrected chi connectivity index (χ3v) is 1.49. The van der Waals surface area contributed by atoms with E-state index < -0.39 is 18.2 Å². The van der Waals surface area contributed by atoms with Crippen LogP contribution < -0.4 is 0 Å². The Kier molecular flexibility index (Phi) is 3.82. The molecule has 0 N–H and O–H groups in total. The van der Waals surface area contributed by atoms with Crippen molar-refractivity contribution in [3.05, 3.63) is 0 Å². The van der Waals surface area contributed by atoms with Crippen LogP contribution in [0.3, 0.4) is 0 Å². The van der Waals surface area contributed by atoms with E-state index in [1.54, 1.807) is 13.8 Å². The Morgan fingerprint density at radius 3 is 2.71 bits per heavy atom. The first-order valence-corrected chi connectivity index (χ1v) is 4.44. The predicted molar refractivity (Wildman–Crippen MR) is 43.7 cm³/mol. The molecule has 2 atom stereocenters. The van der Waals surface area contributed by atoms with Crippen molar-refractivity contribution in [2.24, 2.45) is 0 Å². The highest BCUT2D eigenvalue weighted by Gasteiger charge is 2.44. The summed E-state index contributed by atoms with van der Waals surface area (Å²) in [5, 5.41) is 0. The number of hydrogen-bond acceptors (Lipinski definition) is 6. The van der Waals surface area contributed by atoms with Gasteiger partial charge < -0.3 is 9.47 Å². The van der Waals surface area contributed by atoms with Crippen LogP contribution in [0.4, 0.5) is 0 Å². The molecule has 0 saturated carbocycles. The van der Waals surface area contributed by atoms with Crippen molar-refractivity contribution in [3.63, 3.8) is 0 Å². The summed E-state index contributed by atoms with van der Waals surface area (Å²) in [4.78, 5) is 20.5. The molecule has 6 nitrogen and oxygen atoms in total. The number of rotatable bonds is 4. The summed E-state index contributed by atoms with van der Waals surface area (Å²) in [6.07, 6.45) is -1.17. The Morgan fingerprint density at radius 1 is 1.43 bits per heavy atom. The SMILES string of the molecule is CCOC(=O)[C@@H]1OO[C@](C)(OCC)O1. The van der Waals surface area contributed by atoms with E-state index in [-0.39, 0.29) is 6.61 Å². The highest BCUT2D eigenvalue weighted by Crippen LogP contribution is 2.26. The van der Waals surface area contributed by atoms with Gasteiger partial charge in [0.25, 0.3) is 6.29 Å². The van der Waals surface area contributed by atoms with Crippen LogP contribution in [0.2, 0.25) is 0 Å². The molecule has 0 aromatic rings. The molecule has 0 spiro atoms. The molecule has 1 fully saturated rings. The lowest BCUT2D eigenvalue weighted by molar-refractivity contribution is -0.405. The van der Waals surface area contributed by atoms with E-state index in [1.165, 1.54) is 6.92 Å². The van der Waals surface area contributed by atoms with Crippen LogP contribution in [-0.2, 0) is 28.8 Å². The van der Waals surface area contributed by atoms with Crippen LogP contribution in [0.15, 0.2) is 0 Å². The number of carbonyl (C=O) groups is 1. The quantitative estimate of drug-likeness (QED) is 0.494. The Hall–Kier alpha value is -0.690. The molecule has 0 unspecified atom stereocenters. The van der Waals surface area contributed by atoms with Crippen LogP contribution in [0.25, 0.3) is 0 Å². The predicted octanol–water partition coefficient (Wildman–Crippen LogP) is 0.564. The zero-order chi connectivity index (χ0) is 10.6. The second-order valence-electron chi connectivity index (χ2n) is 2.68. The van der Waals surface area contributed by atoms with Crippen LogP contribution >= 0.6 is 0 Å². The minimum absolute atomic E-state index is 0.257. The van der Waals surface area contributed by atoms with Crippen LogP contribution in [0.1, 0.15) is 20.8 Å². The molecule has 0 bridgehead atoms. The zero-order valence-corrected chi connectivity index (χ0v) is 8.44. The van der Waals surface area contributed by atoms with E-state index in [1.807, 2.05) is 0 Å². The molecule has 0 radical (unpaired) electrons. The summed E-state index contributed by atoms with van der Waals surface area (Å²) < 4.78 is 14.8. The van der Waals surface area contributed by atoms with Gasteiger partial charge in [-0.2, -0.15) is 9.78 Å². The van der Waals surface area contributed by atoms with E-state index in [0.29, 0.717) is 6.61 Å². The van der Waals surface area contributed by atoms with Crippen molar-refractivity contribution < 1.29 is 28.8 Å². The average molecular weight is 206 g/mol. The van der Waals surface area contributed by atoms with Gasteiger partial charge >= 0.3 is 11.9 Å². The molecule has 1 rings (SSSR count). The van der Waals surface area contributed by atoms with Gasteiger partial charge in [0.05, 0.1) is 6.61 Å². The van der Waals surface area contributed by atoms with E-state index >= 15 is 0 Å². The third kappa shape index (κ3) is 2.65. The lowest BCUT2D eigenvalue weighted by Crippen LogP contribution is -2.33. The maximum absolute atomic E-state index is 11.1. The van der Waals surface area contributed by atoms with Crippen molar-refractivity contribution in [2.45, 2.75) is 33.0 Å². The molecule has 6 heteroatoms. The minimum Gasteiger partial charge on any atom is -0.462 e. The molecule has 1 heterocycles. The summed E-state index contributed by atoms with van der Waals surface area (Å²) in [5.74, 6) is -1.96. The number of carbonyl (C=O) groups excluding carboxylic acids is 1. The minimum atomic E-state index is -1.33. The summed E-state index contributed by atoms with van der Waals surface area (Å²) >= 11 is 0. The van der Waals surface area contributed by atoms with Crippen LogP contribution in [0, 0.1) is 0 Å². The third-order valence-electron chi connectivity index (χ3n) is 1.49. The highest BCUT2D eigenvalue weighted by atomic mass is 17.3. The Balaban J connectivity index is 2.43. The highest BCUT2D eigenvalue weighted by molar-refractivity contribution is 5.73. The van der Waals surface area contributed by atoms with Gasteiger partial charge in [-0.3, -0.25) is 4.74 Å². The lowest BCUT2D eigenvalue weighted by Gasteiger charge is -2.18. The first-order chi connectivity index (χ1) is 6.61. The summed E-state index contributed by atoms with van der Waals surface area (Å²) in [7, 11) is 0. The number of hydrogen-bond donors (Lipinski definition) is 0. The van der Waals surface area contributed by atoms with Crippen LogP contribution in [-0.4, -0.2) is 31.4 Å². The van der Waals surface area contributed by atoms with Gasteiger partial charge in [-0.1, -0.05) is 0 Å². The number of esters is 1. The largest absolute Gasteiger partial charge is 0.462 e. The molecule has 0 aliphatic carbocycles. The van der Waals surface area contributed by atoms with Gasteiger partial charge in [0.1, 0.15) is 0 Å². The van der Waals surface area contributed by atoms with E-state index in [9.17, 15) is 4.79 Å². The second-order valence-corrected chi connectivity index (χ2v) is 2.68. The van der Waals surface area contributed by atoms with Crippen molar-refractivity contribution in [1.82, 2.24) is 0 Å². The van der Waals surface area contributed by atoms with Crippen LogP contribution in [0.5, 0.6) is 0 Å². The van der Waals surface area contributed by atoms with Crippen molar-refractivity contribution >= 4 is 5.97 Å². The maximum Gasteiger partial charge on any atom is 0.366 e. The summed E-state index contributed by atoms with van der Waals surface area (Å²) in [5.41, 5.74) is 0. The maximum atomic E-state index is 11.1. The van der Waals surface area contributed by atoms with Gasteiger partial charge in [-0.05, 0) is 13.8 Å². The first-order valence-electron chi connectivity index (χ1n) is 4.44. The van der Waals surface area contributed by atoms with Gasteiger partial charge in [0.15, 0.2) is 0 Å². The molecule has 0 aromatic heterocycles. The topological polar surface area (TPSA) is 63.2 Å². The van der Waals surface area contributed by atoms with Gasteiger partial charge in [0, 0.05) is 13.5 Å². The molecule has 0 aromatic carbocycles. The lowest BCUT2D eigenvalue weighted by atomic mass is 10.6. The monoisotopic (exact) mass is 206 g/mol. The van der Waals surface area contributed by atoms with E-state index in [2.05, 4.69) is 9.62 Å². The fourth-order valence-electron chi connectivity index (χ4n) is 0.983. The normalized spacial score (nSPS) is 31.8. The standard InChI is InChI=1S/C8H14O6/c1-4-10-6(9)7-12-8(3,11-5-2)14-13-7/h7H,4-5H2,1-3H3/t7-,8+/m0/s1. The van der Waals surface area contributed by atoms with Crippen molar-refractivity contribution in [3.8, 4) is 0 Å². The molecular weight excluding hydrogens is 192 g/mol. The molecule has 14 heavy (non-hydrogen) atoms. The fourth-order valence-corrected chi connectivity index (χ4v) is 0.983. The average Bonchev–Trinajstić information content (AvgIpc) is 2.49. The second kappa shape index (κ2) is 4.70. The molecule has 1 aliphatic heterocycles. The molecule has 82 valence electrons. The van der Waals surface area contributed by atoms with E-state index in [0.717, 1.165) is 0 Å². The number of ether oxygens (including phenoxy) is 3. The molecule has 0 amide bonds. The zero-order valence-electron chi connectivity index (χ0n) is 8.44. The van der Waals surface area contributed by atoms with Gasteiger partial charge in [-0.25, -0.2) is 4.79 Å². The smallest absolute Gasteiger partial charge is 0.366 e. The van der Waals surface area contributed by atoms with Crippen molar-refractivity contribution in [2.75, 3.05) is 13.2 Å². The molecular formula is C8H14O6. The first kappa shape index (κ1) is 11.4. The fraction of sp³-hybridized carbons (Fsp3) is 0.875. The van der Waals surface area contributed by atoms with E-state index in [4.69, 9.17) is 14.4 Å². The van der Waals surface area contributed by atoms with Gasteiger partial charge in [-0.15, -0.1) is 0 Å². The Labute approximate surface area is 81.9 Å².